The summed E-state index contributed by atoms with van der Waals surface area (Å²) in [5.74, 6) is -4.26. The van der Waals surface area contributed by atoms with Crippen molar-refractivity contribution in [3.8, 4) is 0 Å². The summed E-state index contributed by atoms with van der Waals surface area (Å²) < 4.78 is 20.6. The van der Waals surface area contributed by atoms with Crippen LogP contribution in [-0.4, -0.2) is 71.2 Å². The Kier molecular flexibility index (Phi) is 13.4. The minimum Gasteiger partial charge on any atom is -0.478 e. The molecule has 12 heteroatoms. The van der Waals surface area contributed by atoms with Crippen LogP contribution in [0.15, 0.2) is 0 Å². The van der Waals surface area contributed by atoms with E-state index in [1.807, 2.05) is 0 Å². The third-order valence-electron chi connectivity index (χ3n) is 5.19. The fourth-order valence-electron chi connectivity index (χ4n) is 2.82. The third-order valence-corrected chi connectivity index (χ3v) is 5.19. The second-order valence-electron chi connectivity index (χ2n) is 10.9. The van der Waals surface area contributed by atoms with Crippen molar-refractivity contribution in [1.29, 1.82) is 0 Å². The molecule has 0 aliphatic carbocycles. The van der Waals surface area contributed by atoms with Crippen molar-refractivity contribution in [2.24, 2.45) is 11.8 Å². The van der Waals surface area contributed by atoms with Gasteiger partial charge in [-0.1, -0.05) is 40.5 Å². The van der Waals surface area contributed by atoms with E-state index in [0.717, 1.165) is 0 Å². The van der Waals surface area contributed by atoms with Gasteiger partial charge in [-0.15, -0.1) is 0 Å². The van der Waals surface area contributed by atoms with Crippen LogP contribution >= 0.6 is 0 Å². The summed E-state index contributed by atoms with van der Waals surface area (Å²) in [7, 11) is 0. The van der Waals surface area contributed by atoms with Crippen LogP contribution in [0.4, 0.5) is 9.59 Å². The van der Waals surface area contributed by atoms with Crippen molar-refractivity contribution in [3.63, 3.8) is 0 Å². The molecule has 37 heavy (non-hydrogen) atoms. The van der Waals surface area contributed by atoms with Crippen molar-refractivity contribution in [1.82, 2.24) is 10.6 Å². The van der Waals surface area contributed by atoms with Crippen LogP contribution in [0.2, 0.25) is 0 Å². The van der Waals surface area contributed by atoms with Gasteiger partial charge in [-0.3, -0.25) is 0 Å². The zero-order valence-electron chi connectivity index (χ0n) is 23.6. The lowest BCUT2D eigenvalue weighted by atomic mass is 9.99. The fourth-order valence-corrected chi connectivity index (χ4v) is 2.82. The Morgan fingerprint density at radius 3 is 1.43 bits per heavy atom. The Hall–Kier alpha value is -3.05. The van der Waals surface area contributed by atoms with Crippen molar-refractivity contribution in [3.05, 3.63) is 0 Å². The van der Waals surface area contributed by atoms with E-state index in [1.165, 1.54) is 0 Å². The van der Waals surface area contributed by atoms with E-state index < -0.39 is 72.0 Å². The highest BCUT2D eigenvalue weighted by Gasteiger charge is 2.35. The molecule has 0 fully saturated rings. The lowest BCUT2D eigenvalue weighted by Gasteiger charge is -2.27. The Morgan fingerprint density at radius 2 is 1.11 bits per heavy atom. The van der Waals surface area contributed by atoms with E-state index in [-0.39, 0.29) is 5.92 Å². The maximum Gasteiger partial charge on any atom is 0.408 e. The van der Waals surface area contributed by atoms with E-state index in [0.29, 0.717) is 12.8 Å². The van der Waals surface area contributed by atoms with Crippen LogP contribution in [0.1, 0.15) is 82.1 Å². The standard InChI is InChI=1S/C25H44N2O10/c1-11-14(3)17(26-22(32)36-24(5,6)7)20(30)34-13-16(19(28)29)35-21(31)18(15(4)12-2)27-23(33)37-25(8,9)10/h14-18H,11-13H2,1-10H3,(H,26,32)(H,27,33)(H,28,29)/t14-,15-,16?,17-,18-/m0/s1. The number of aliphatic carboxylic acids is 1. The van der Waals surface area contributed by atoms with Gasteiger partial charge in [-0.25, -0.2) is 24.0 Å². The summed E-state index contributed by atoms with van der Waals surface area (Å²) in [6.45, 7) is 16.1. The van der Waals surface area contributed by atoms with Crippen LogP contribution in [0.5, 0.6) is 0 Å². The number of carboxylic acids is 1. The van der Waals surface area contributed by atoms with Crippen molar-refractivity contribution < 1.29 is 48.0 Å². The Bertz CT molecular complexity index is 800. The maximum absolute atomic E-state index is 12.8. The molecule has 0 aliphatic rings. The summed E-state index contributed by atoms with van der Waals surface area (Å²) in [6.07, 6.45) is -2.57. The summed E-state index contributed by atoms with van der Waals surface area (Å²) in [6, 6.07) is -2.31. The first-order chi connectivity index (χ1) is 16.8. The molecule has 2 amide bonds. The quantitative estimate of drug-likeness (QED) is 0.250. The average molecular weight is 533 g/mol. The number of hydrogen-bond acceptors (Lipinski definition) is 9. The number of amides is 2. The van der Waals surface area contributed by atoms with E-state index in [4.69, 9.17) is 18.9 Å². The van der Waals surface area contributed by atoms with Crippen LogP contribution < -0.4 is 10.6 Å². The van der Waals surface area contributed by atoms with Crippen molar-refractivity contribution >= 4 is 30.1 Å². The number of nitrogens with one attached hydrogen (secondary N) is 2. The number of alkyl carbamates (subject to hydrolysis) is 2. The minimum absolute atomic E-state index is 0.362. The molecule has 5 atom stereocenters. The number of rotatable bonds is 12. The third kappa shape index (κ3) is 13.7. The molecule has 0 saturated heterocycles. The molecule has 1 unspecified atom stereocenters. The van der Waals surface area contributed by atoms with E-state index in [9.17, 15) is 29.1 Å². The molecule has 0 aromatic carbocycles. The Morgan fingerprint density at radius 1 is 0.730 bits per heavy atom. The molecule has 12 nitrogen and oxygen atoms in total. The number of esters is 2. The van der Waals surface area contributed by atoms with Crippen molar-refractivity contribution in [2.45, 2.75) is 111 Å². The molecular formula is C25H44N2O10. The first kappa shape index (κ1) is 34.0. The van der Waals surface area contributed by atoms with Crippen LogP contribution in [0.25, 0.3) is 0 Å². The summed E-state index contributed by atoms with van der Waals surface area (Å²) in [5.41, 5.74) is -1.61. The maximum atomic E-state index is 12.8. The summed E-state index contributed by atoms with van der Waals surface area (Å²) >= 11 is 0. The molecule has 0 bridgehead atoms. The van der Waals surface area contributed by atoms with E-state index >= 15 is 0 Å². The highest BCUT2D eigenvalue weighted by Crippen LogP contribution is 2.15. The summed E-state index contributed by atoms with van der Waals surface area (Å²) in [4.78, 5) is 61.6. The lowest BCUT2D eigenvalue weighted by molar-refractivity contribution is -0.173. The van der Waals surface area contributed by atoms with Gasteiger partial charge in [-0.2, -0.15) is 0 Å². The largest absolute Gasteiger partial charge is 0.478 e. The molecule has 3 N–H and O–H groups in total. The molecule has 0 rings (SSSR count). The van der Waals surface area contributed by atoms with Gasteiger partial charge in [0, 0.05) is 0 Å². The zero-order valence-corrected chi connectivity index (χ0v) is 23.6. The number of carbonyl (C=O) groups excluding carboxylic acids is 4. The molecule has 0 heterocycles. The van der Waals surface area contributed by atoms with Gasteiger partial charge >= 0.3 is 30.1 Å². The lowest BCUT2D eigenvalue weighted by Crippen LogP contribution is -2.50. The number of carboxylic acid groups (broad SMARTS) is 1. The monoisotopic (exact) mass is 532 g/mol. The predicted molar refractivity (Wildman–Crippen MR) is 134 cm³/mol. The number of carbonyl (C=O) groups is 5. The molecule has 214 valence electrons. The van der Waals surface area contributed by atoms with Crippen LogP contribution in [0.3, 0.4) is 0 Å². The second kappa shape index (κ2) is 14.6. The number of ether oxygens (including phenoxy) is 4. The molecule has 0 aromatic heterocycles. The molecule has 0 aliphatic heterocycles. The molecule has 0 aromatic rings. The normalized spacial score (nSPS) is 15.7. The first-order valence-electron chi connectivity index (χ1n) is 12.4. The Labute approximate surface area is 219 Å². The topological polar surface area (TPSA) is 167 Å². The molecular weight excluding hydrogens is 488 g/mol. The molecule has 0 saturated carbocycles. The predicted octanol–water partition coefficient (Wildman–Crippen LogP) is 3.40. The average Bonchev–Trinajstić information content (AvgIpc) is 2.74. The Balaban J connectivity index is 5.43. The van der Waals surface area contributed by atoms with Crippen molar-refractivity contribution in [2.75, 3.05) is 6.61 Å². The minimum atomic E-state index is -1.84. The molecule has 0 spiro atoms. The van der Waals surface area contributed by atoms with Crippen LogP contribution in [0, 0.1) is 11.8 Å². The smallest absolute Gasteiger partial charge is 0.408 e. The van der Waals surface area contributed by atoms with E-state index in [1.54, 1.807) is 69.2 Å². The zero-order chi connectivity index (χ0) is 29.1. The van der Waals surface area contributed by atoms with Gasteiger partial charge in [0.1, 0.15) is 29.9 Å². The first-order valence-corrected chi connectivity index (χ1v) is 12.4. The highest BCUT2D eigenvalue weighted by atomic mass is 16.6. The SMILES string of the molecule is CC[C@H](C)[C@H](NC(=O)OC(C)(C)C)C(=O)OCC(OC(=O)[C@@H](NC(=O)OC(C)(C)C)[C@@H](C)CC)C(=O)O. The highest BCUT2D eigenvalue weighted by molar-refractivity contribution is 5.85. The van der Waals surface area contributed by atoms with E-state index in [2.05, 4.69) is 10.6 Å². The molecule has 0 radical (unpaired) electrons. The summed E-state index contributed by atoms with van der Waals surface area (Å²) in [5, 5.41) is 14.4. The van der Waals surface area contributed by atoms with Gasteiger partial charge in [0.2, 0.25) is 6.10 Å². The van der Waals surface area contributed by atoms with Gasteiger partial charge in [-0.05, 0) is 53.4 Å². The fraction of sp³-hybridized carbons (Fsp3) is 0.800. The van der Waals surface area contributed by atoms with Crippen LogP contribution in [-0.2, 0) is 33.3 Å². The van der Waals surface area contributed by atoms with Gasteiger partial charge in [0.25, 0.3) is 0 Å². The number of hydrogen-bond donors (Lipinski definition) is 3. The van der Waals surface area contributed by atoms with Gasteiger partial charge < -0.3 is 34.7 Å². The second-order valence-corrected chi connectivity index (χ2v) is 10.9. The van der Waals surface area contributed by atoms with Gasteiger partial charge in [0.05, 0.1) is 0 Å². The van der Waals surface area contributed by atoms with Gasteiger partial charge in [0.15, 0.2) is 0 Å².